The number of oxime groups is 1. The molecule has 0 bridgehead atoms. The molecule has 18 heavy (non-hydrogen) atoms. The third kappa shape index (κ3) is 4.36. The molecule has 1 unspecified atom stereocenters. The van der Waals surface area contributed by atoms with E-state index in [9.17, 15) is 13.2 Å². The molecule has 0 aliphatic heterocycles. The van der Waals surface area contributed by atoms with Crippen LogP contribution in [0.15, 0.2) is 5.16 Å². The summed E-state index contributed by atoms with van der Waals surface area (Å²) in [7, 11) is 0. The van der Waals surface area contributed by atoms with E-state index in [1.807, 2.05) is 0 Å². The molecule has 0 aromatic heterocycles. The van der Waals surface area contributed by atoms with Crippen LogP contribution in [0.3, 0.4) is 0 Å². The maximum absolute atomic E-state index is 12.7. The largest absolute Gasteiger partial charge is 0.409 e. The van der Waals surface area contributed by atoms with E-state index in [1.165, 1.54) is 0 Å². The smallest absolute Gasteiger partial charge is 0.400 e. The van der Waals surface area contributed by atoms with Gasteiger partial charge in [-0.15, -0.1) is 0 Å². The highest BCUT2D eigenvalue weighted by Crippen LogP contribution is 2.27. The van der Waals surface area contributed by atoms with Crippen molar-refractivity contribution in [2.75, 3.05) is 6.54 Å². The van der Waals surface area contributed by atoms with Crippen molar-refractivity contribution in [3.63, 3.8) is 0 Å². The van der Waals surface area contributed by atoms with Crippen molar-refractivity contribution in [3.05, 3.63) is 0 Å². The number of nitrogens with one attached hydrogen (secondary N) is 1. The van der Waals surface area contributed by atoms with Gasteiger partial charge in [-0.3, -0.25) is 0 Å². The van der Waals surface area contributed by atoms with Gasteiger partial charge in [-0.25, -0.2) is 0 Å². The fraction of sp³-hybridized carbons (Fsp3) is 0.909. The molecule has 4 nitrogen and oxygen atoms in total. The zero-order valence-electron chi connectivity index (χ0n) is 10.4. The summed E-state index contributed by atoms with van der Waals surface area (Å²) in [5, 5.41) is 13.7. The van der Waals surface area contributed by atoms with E-state index >= 15 is 0 Å². The van der Waals surface area contributed by atoms with Crippen LogP contribution in [0.25, 0.3) is 0 Å². The first-order valence-corrected chi connectivity index (χ1v) is 6.12. The zero-order chi connectivity index (χ0) is 13.8. The Kier molecular flexibility index (Phi) is 5.25. The second kappa shape index (κ2) is 6.26. The summed E-state index contributed by atoms with van der Waals surface area (Å²) in [5.74, 6) is -2.08. The number of hydrogen-bond donors (Lipinski definition) is 3. The molecule has 1 aliphatic rings. The maximum atomic E-state index is 12.7. The molecule has 106 valence electrons. The highest BCUT2D eigenvalue weighted by molar-refractivity contribution is 5.83. The van der Waals surface area contributed by atoms with Crippen molar-refractivity contribution < 1.29 is 18.4 Å². The number of alkyl halides is 3. The van der Waals surface area contributed by atoms with Gasteiger partial charge < -0.3 is 16.3 Å². The molecule has 1 rings (SSSR count). The van der Waals surface area contributed by atoms with Crippen LogP contribution in [0.4, 0.5) is 13.2 Å². The standard InChI is InChI=1S/C11H20F3N3O/c1-7-2-4-8(5-3-7)16-6-9(10(15)17-18)11(12,13)14/h7-9,16,18H,2-6H2,1H3,(H2,15,17). The molecule has 0 amide bonds. The average molecular weight is 267 g/mol. The van der Waals surface area contributed by atoms with Crippen LogP contribution in [-0.2, 0) is 0 Å². The second-order valence-corrected chi connectivity index (χ2v) is 4.98. The van der Waals surface area contributed by atoms with Crippen molar-refractivity contribution in [1.82, 2.24) is 5.32 Å². The minimum atomic E-state index is -4.49. The predicted molar refractivity (Wildman–Crippen MR) is 62.4 cm³/mol. The predicted octanol–water partition coefficient (Wildman–Crippen LogP) is 2.08. The van der Waals surface area contributed by atoms with Gasteiger partial charge in [0.25, 0.3) is 0 Å². The zero-order valence-corrected chi connectivity index (χ0v) is 10.4. The molecule has 1 atom stereocenters. The molecular weight excluding hydrogens is 247 g/mol. The third-order valence-corrected chi connectivity index (χ3v) is 3.49. The summed E-state index contributed by atoms with van der Waals surface area (Å²) in [6.07, 6.45) is -0.690. The topological polar surface area (TPSA) is 70.6 Å². The van der Waals surface area contributed by atoms with Crippen molar-refractivity contribution in [2.45, 2.75) is 44.8 Å². The number of amidine groups is 1. The SMILES string of the molecule is CC1CCC(NCC(C(N)=NO)C(F)(F)F)CC1. The summed E-state index contributed by atoms with van der Waals surface area (Å²) < 4.78 is 38.0. The summed E-state index contributed by atoms with van der Waals surface area (Å²) in [6.45, 7) is 1.81. The molecule has 0 heterocycles. The van der Waals surface area contributed by atoms with E-state index in [2.05, 4.69) is 17.4 Å². The van der Waals surface area contributed by atoms with E-state index in [0.717, 1.165) is 25.7 Å². The molecule has 0 aromatic carbocycles. The number of halogens is 3. The molecule has 0 radical (unpaired) electrons. The molecule has 7 heteroatoms. The van der Waals surface area contributed by atoms with Crippen molar-refractivity contribution in [1.29, 1.82) is 0 Å². The van der Waals surface area contributed by atoms with Gasteiger partial charge in [0.15, 0.2) is 5.84 Å². The Morgan fingerprint density at radius 2 is 1.94 bits per heavy atom. The van der Waals surface area contributed by atoms with E-state index in [0.29, 0.717) is 5.92 Å². The quantitative estimate of drug-likeness (QED) is 0.316. The summed E-state index contributed by atoms with van der Waals surface area (Å²) in [5.41, 5.74) is 5.08. The first kappa shape index (κ1) is 15.1. The first-order chi connectivity index (χ1) is 8.34. The van der Waals surface area contributed by atoms with Gasteiger partial charge in [-0.1, -0.05) is 12.1 Å². The van der Waals surface area contributed by atoms with Gasteiger partial charge in [-0.2, -0.15) is 13.2 Å². The Morgan fingerprint density at radius 1 is 1.39 bits per heavy atom. The summed E-state index contributed by atoms with van der Waals surface area (Å²) in [4.78, 5) is 0. The fourth-order valence-electron chi connectivity index (χ4n) is 2.21. The number of hydrogen-bond acceptors (Lipinski definition) is 3. The molecule has 1 saturated carbocycles. The van der Waals surface area contributed by atoms with E-state index in [4.69, 9.17) is 10.9 Å². The normalized spacial score (nSPS) is 28.1. The van der Waals surface area contributed by atoms with Crippen LogP contribution in [0, 0.1) is 11.8 Å². The third-order valence-electron chi connectivity index (χ3n) is 3.49. The van der Waals surface area contributed by atoms with Crippen molar-refractivity contribution >= 4 is 5.84 Å². The lowest BCUT2D eigenvalue weighted by molar-refractivity contribution is -0.155. The second-order valence-electron chi connectivity index (χ2n) is 4.98. The molecule has 0 saturated heterocycles. The highest BCUT2D eigenvalue weighted by atomic mass is 19.4. The van der Waals surface area contributed by atoms with Crippen molar-refractivity contribution in [3.8, 4) is 0 Å². The molecule has 1 fully saturated rings. The molecular formula is C11H20F3N3O. The first-order valence-electron chi connectivity index (χ1n) is 6.12. The van der Waals surface area contributed by atoms with Gasteiger partial charge in [0.1, 0.15) is 5.92 Å². The van der Waals surface area contributed by atoms with Crippen LogP contribution in [-0.4, -0.2) is 29.8 Å². The Bertz CT molecular complexity index is 286. The Morgan fingerprint density at radius 3 is 2.39 bits per heavy atom. The maximum Gasteiger partial charge on any atom is 0.400 e. The molecule has 1 aliphatic carbocycles. The molecule has 0 aromatic rings. The Hall–Kier alpha value is -0.980. The fourth-order valence-corrected chi connectivity index (χ4v) is 2.21. The van der Waals surface area contributed by atoms with E-state index in [-0.39, 0.29) is 12.6 Å². The van der Waals surface area contributed by atoms with Gasteiger partial charge in [0.05, 0.1) is 0 Å². The van der Waals surface area contributed by atoms with Gasteiger partial charge >= 0.3 is 6.18 Å². The van der Waals surface area contributed by atoms with E-state index in [1.54, 1.807) is 0 Å². The summed E-state index contributed by atoms with van der Waals surface area (Å²) >= 11 is 0. The molecule has 0 spiro atoms. The number of rotatable bonds is 4. The molecule has 4 N–H and O–H groups in total. The minimum Gasteiger partial charge on any atom is -0.409 e. The van der Waals surface area contributed by atoms with Gasteiger partial charge in [0.2, 0.25) is 0 Å². The lowest BCUT2D eigenvalue weighted by Crippen LogP contribution is -2.46. The lowest BCUT2D eigenvalue weighted by atomic mass is 9.87. The van der Waals surface area contributed by atoms with Crippen LogP contribution in [0.2, 0.25) is 0 Å². The highest BCUT2D eigenvalue weighted by Gasteiger charge is 2.42. The van der Waals surface area contributed by atoms with Crippen LogP contribution in [0.1, 0.15) is 32.6 Å². The van der Waals surface area contributed by atoms with E-state index < -0.39 is 17.9 Å². The Labute approximate surface area is 104 Å². The van der Waals surface area contributed by atoms with Crippen LogP contribution < -0.4 is 11.1 Å². The van der Waals surface area contributed by atoms with Crippen LogP contribution in [0.5, 0.6) is 0 Å². The number of nitrogens with zero attached hydrogens (tertiary/aromatic N) is 1. The van der Waals surface area contributed by atoms with Crippen molar-refractivity contribution in [2.24, 2.45) is 22.7 Å². The van der Waals surface area contributed by atoms with Gasteiger partial charge in [0, 0.05) is 12.6 Å². The lowest BCUT2D eigenvalue weighted by Gasteiger charge is -2.29. The summed E-state index contributed by atoms with van der Waals surface area (Å²) in [6, 6.07) is 0.0949. The Balaban J connectivity index is 2.48. The van der Waals surface area contributed by atoms with Crippen LogP contribution >= 0.6 is 0 Å². The minimum absolute atomic E-state index is 0.0949. The monoisotopic (exact) mass is 267 g/mol. The number of nitrogens with two attached hydrogens (primary N) is 1. The average Bonchev–Trinajstić information content (AvgIpc) is 2.29. The van der Waals surface area contributed by atoms with Gasteiger partial charge in [-0.05, 0) is 31.6 Å².